The van der Waals surface area contributed by atoms with Crippen LogP contribution in [0.4, 0.5) is 14.5 Å². The molecular weight excluding hydrogens is 256 g/mol. The van der Waals surface area contributed by atoms with Gasteiger partial charge in [0.15, 0.2) is 0 Å². The Kier molecular flexibility index (Phi) is 4.55. The lowest BCUT2D eigenvalue weighted by molar-refractivity contribution is -0.118. The topological polar surface area (TPSA) is 98.2 Å². The first-order valence-electron chi connectivity index (χ1n) is 5.59. The fraction of sp³-hybridized carbons (Fsp3) is 0.333. The van der Waals surface area contributed by atoms with E-state index in [1.807, 2.05) is 0 Å². The quantitative estimate of drug-likeness (QED) is 0.761. The lowest BCUT2D eigenvalue weighted by Gasteiger charge is -2.16. The number of hydrogen-bond acceptors (Lipinski definition) is 3. The number of hydrogen-bond donors (Lipinski definition) is 3. The molecule has 5 N–H and O–H groups in total. The second kappa shape index (κ2) is 5.75. The molecule has 0 fully saturated rings. The molecule has 0 aliphatic heterocycles. The Morgan fingerprint density at radius 2 is 1.79 bits per heavy atom. The summed E-state index contributed by atoms with van der Waals surface area (Å²) in [6.07, 6.45) is 0. The van der Waals surface area contributed by atoms with Crippen molar-refractivity contribution in [2.24, 2.45) is 17.4 Å². The van der Waals surface area contributed by atoms with Crippen LogP contribution in [0.15, 0.2) is 12.1 Å². The van der Waals surface area contributed by atoms with Crippen LogP contribution in [0.2, 0.25) is 0 Å². The van der Waals surface area contributed by atoms with Crippen LogP contribution in [0.1, 0.15) is 24.2 Å². The van der Waals surface area contributed by atoms with Gasteiger partial charge in [0.1, 0.15) is 11.6 Å². The van der Waals surface area contributed by atoms with E-state index < -0.39 is 35.1 Å². The number of carbonyl (C=O) groups is 2. The second-order valence-electron chi connectivity index (χ2n) is 4.44. The predicted molar refractivity (Wildman–Crippen MR) is 66.3 cm³/mol. The van der Waals surface area contributed by atoms with E-state index in [1.54, 1.807) is 13.8 Å². The number of rotatable bonds is 4. The summed E-state index contributed by atoms with van der Waals surface area (Å²) in [5, 5.41) is 2.20. The highest BCUT2D eigenvalue weighted by Crippen LogP contribution is 2.19. The van der Waals surface area contributed by atoms with E-state index in [4.69, 9.17) is 11.5 Å². The summed E-state index contributed by atoms with van der Waals surface area (Å²) in [6.45, 7) is 3.44. The van der Waals surface area contributed by atoms with E-state index in [-0.39, 0.29) is 11.6 Å². The largest absolute Gasteiger partial charge is 0.366 e. The summed E-state index contributed by atoms with van der Waals surface area (Å²) < 4.78 is 26.7. The molecule has 2 amide bonds. The van der Waals surface area contributed by atoms with Crippen molar-refractivity contribution in [1.29, 1.82) is 0 Å². The number of carbonyl (C=O) groups excluding carboxylic acids is 2. The first-order chi connectivity index (χ1) is 8.73. The zero-order chi connectivity index (χ0) is 14.7. The molecule has 0 radical (unpaired) electrons. The van der Waals surface area contributed by atoms with Crippen LogP contribution < -0.4 is 16.8 Å². The summed E-state index contributed by atoms with van der Waals surface area (Å²) >= 11 is 0. The Bertz CT molecular complexity index is 518. The zero-order valence-electron chi connectivity index (χ0n) is 10.5. The van der Waals surface area contributed by atoms with Gasteiger partial charge >= 0.3 is 0 Å². The molecule has 0 heterocycles. The summed E-state index contributed by atoms with van der Waals surface area (Å²) in [5.74, 6) is -3.93. The molecule has 0 saturated heterocycles. The van der Waals surface area contributed by atoms with E-state index in [2.05, 4.69) is 5.32 Å². The number of amides is 2. The van der Waals surface area contributed by atoms with Gasteiger partial charge in [0.2, 0.25) is 5.91 Å². The van der Waals surface area contributed by atoms with Crippen LogP contribution in [-0.2, 0) is 4.79 Å². The van der Waals surface area contributed by atoms with E-state index in [1.165, 1.54) is 0 Å². The first kappa shape index (κ1) is 15.0. The summed E-state index contributed by atoms with van der Waals surface area (Å²) in [7, 11) is 0. The Morgan fingerprint density at radius 1 is 1.21 bits per heavy atom. The van der Waals surface area contributed by atoms with E-state index >= 15 is 0 Å². The minimum absolute atomic E-state index is 0.154. The van der Waals surface area contributed by atoms with Crippen molar-refractivity contribution in [1.82, 2.24) is 0 Å². The van der Waals surface area contributed by atoms with Crippen LogP contribution in [0.3, 0.4) is 0 Å². The fourth-order valence-corrected chi connectivity index (χ4v) is 1.35. The molecule has 7 heteroatoms. The minimum Gasteiger partial charge on any atom is -0.366 e. The van der Waals surface area contributed by atoms with Gasteiger partial charge in [-0.2, -0.15) is 0 Å². The number of primary amides is 1. The molecule has 0 spiro atoms. The fourth-order valence-electron chi connectivity index (χ4n) is 1.35. The average Bonchev–Trinajstić information content (AvgIpc) is 2.30. The van der Waals surface area contributed by atoms with Gasteiger partial charge in [0.05, 0.1) is 17.3 Å². The van der Waals surface area contributed by atoms with Gasteiger partial charge < -0.3 is 16.8 Å². The van der Waals surface area contributed by atoms with Gasteiger partial charge in [0.25, 0.3) is 5.91 Å². The Hall–Kier alpha value is -2.02. The third-order valence-corrected chi connectivity index (χ3v) is 2.60. The number of anilines is 1. The lowest BCUT2D eigenvalue weighted by Crippen LogP contribution is -2.40. The molecular formula is C12H15F2N3O2. The molecule has 0 aromatic heterocycles. The van der Waals surface area contributed by atoms with Crippen molar-refractivity contribution in [3.8, 4) is 0 Å². The monoisotopic (exact) mass is 271 g/mol. The maximum Gasteiger partial charge on any atom is 0.251 e. The average molecular weight is 271 g/mol. The molecule has 104 valence electrons. The molecule has 1 atom stereocenters. The number of halogens is 2. The SMILES string of the molecule is CC(C)[C@@H](N)C(=O)Nc1cc(C(N)=O)c(F)cc1F. The normalized spacial score (nSPS) is 12.3. The van der Waals surface area contributed by atoms with Crippen LogP contribution in [0.5, 0.6) is 0 Å². The van der Waals surface area contributed by atoms with Gasteiger partial charge in [-0.05, 0) is 12.0 Å². The first-order valence-corrected chi connectivity index (χ1v) is 5.59. The number of benzene rings is 1. The molecule has 0 aliphatic rings. The van der Waals surface area contributed by atoms with Crippen LogP contribution >= 0.6 is 0 Å². The number of nitrogens with two attached hydrogens (primary N) is 2. The summed E-state index contributed by atoms with van der Waals surface area (Å²) in [4.78, 5) is 22.6. The van der Waals surface area contributed by atoms with Crippen molar-refractivity contribution in [3.63, 3.8) is 0 Å². The lowest BCUT2D eigenvalue weighted by atomic mass is 10.0. The minimum atomic E-state index is -1.09. The molecule has 5 nitrogen and oxygen atoms in total. The molecule has 0 bridgehead atoms. The third-order valence-electron chi connectivity index (χ3n) is 2.60. The van der Waals surface area contributed by atoms with Crippen molar-refractivity contribution < 1.29 is 18.4 Å². The maximum atomic E-state index is 13.5. The maximum absolute atomic E-state index is 13.5. The highest BCUT2D eigenvalue weighted by molar-refractivity contribution is 5.98. The Labute approximate surface area is 109 Å². The van der Waals surface area contributed by atoms with Crippen molar-refractivity contribution in [3.05, 3.63) is 29.3 Å². The molecule has 19 heavy (non-hydrogen) atoms. The van der Waals surface area contributed by atoms with E-state index in [0.29, 0.717) is 6.07 Å². The molecule has 0 saturated carbocycles. The summed E-state index contributed by atoms with van der Waals surface area (Å²) in [6, 6.07) is 0.482. The van der Waals surface area contributed by atoms with Crippen molar-refractivity contribution >= 4 is 17.5 Å². The van der Waals surface area contributed by atoms with Crippen LogP contribution in [-0.4, -0.2) is 17.9 Å². The van der Waals surface area contributed by atoms with Crippen LogP contribution in [0.25, 0.3) is 0 Å². The molecule has 0 aliphatic carbocycles. The van der Waals surface area contributed by atoms with Crippen molar-refractivity contribution in [2.45, 2.75) is 19.9 Å². The third kappa shape index (κ3) is 3.47. The van der Waals surface area contributed by atoms with Gasteiger partial charge in [-0.1, -0.05) is 13.8 Å². The molecule has 1 rings (SSSR count). The Balaban J connectivity index is 3.05. The van der Waals surface area contributed by atoms with Crippen molar-refractivity contribution in [2.75, 3.05) is 5.32 Å². The van der Waals surface area contributed by atoms with Gasteiger partial charge in [-0.15, -0.1) is 0 Å². The molecule has 1 aromatic carbocycles. The highest BCUT2D eigenvalue weighted by atomic mass is 19.1. The second-order valence-corrected chi connectivity index (χ2v) is 4.44. The van der Waals surface area contributed by atoms with Crippen LogP contribution in [0, 0.1) is 17.6 Å². The van der Waals surface area contributed by atoms with Gasteiger partial charge in [-0.3, -0.25) is 9.59 Å². The standard InChI is InChI=1S/C12H15F2N3O2/c1-5(2)10(15)12(19)17-9-3-6(11(16)18)7(13)4-8(9)14/h3-5,10H,15H2,1-2H3,(H2,16,18)(H,17,19)/t10-/m1/s1. The van der Waals surface area contributed by atoms with E-state index in [0.717, 1.165) is 6.07 Å². The Morgan fingerprint density at radius 3 is 2.26 bits per heavy atom. The zero-order valence-corrected chi connectivity index (χ0v) is 10.5. The molecule has 1 aromatic rings. The number of nitrogens with one attached hydrogen (secondary N) is 1. The van der Waals surface area contributed by atoms with Gasteiger partial charge in [0, 0.05) is 6.07 Å². The summed E-state index contributed by atoms with van der Waals surface area (Å²) in [5.41, 5.74) is 9.68. The van der Waals surface area contributed by atoms with E-state index in [9.17, 15) is 18.4 Å². The van der Waals surface area contributed by atoms with Gasteiger partial charge in [-0.25, -0.2) is 8.78 Å². The highest BCUT2D eigenvalue weighted by Gasteiger charge is 2.20. The smallest absolute Gasteiger partial charge is 0.251 e. The predicted octanol–water partition coefficient (Wildman–Crippen LogP) is 0.985. The molecule has 0 unspecified atom stereocenters.